The van der Waals surface area contributed by atoms with Crippen LogP contribution in [0.25, 0.3) is 28.1 Å². The maximum absolute atomic E-state index is 13.7. The molecular formula is C32H27N3O3. The van der Waals surface area contributed by atoms with Gasteiger partial charge in [0.05, 0.1) is 26.7 Å². The van der Waals surface area contributed by atoms with Crippen LogP contribution in [-0.2, 0) is 23.1 Å². The second-order valence-electron chi connectivity index (χ2n) is 8.79. The van der Waals surface area contributed by atoms with E-state index in [1.54, 1.807) is 48.5 Å². The molecule has 1 aromatic heterocycles. The number of carbonyl (C=O) groups is 2. The monoisotopic (exact) mass is 502 g/mol. The van der Waals surface area contributed by atoms with Crippen molar-refractivity contribution in [1.29, 1.82) is 0 Å². The van der Waals surface area contributed by atoms with Crippen molar-refractivity contribution in [2.24, 2.45) is 7.05 Å². The third-order valence-corrected chi connectivity index (χ3v) is 6.27. The molecule has 1 atom stereocenters. The summed E-state index contributed by atoms with van der Waals surface area (Å²) >= 11 is 0. The van der Waals surface area contributed by atoms with Crippen molar-refractivity contribution in [3.8, 4) is 11.1 Å². The van der Waals surface area contributed by atoms with Crippen LogP contribution in [0.5, 0.6) is 0 Å². The minimum absolute atomic E-state index is 0.296. The number of hydrogen-bond acceptors (Lipinski definition) is 4. The first-order valence-corrected chi connectivity index (χ1v) is 12.1. The lowest BCUT2D eigenvalue weighted by Gasteiger charge is -2.24. The van der Waals surface area contributed by atoms with Gasteiger partial charge in [-0.05, 0) is 64.7 Å². The van der Waals surface area contributed by atoms with Crippen molar-refractivity contribution in [3.63, 3.8) is 0 Å². The van der Waals surface area contributed by atoms with Crippen molar-refractivity contribution in [1.82, 2.24) is 9.78 Å². The van der Waals surface area contributed by atoms with Gasteiger partial charge >= 0.3 is 5.97 Å². The second-order valence-corrected chi connectivity index (χ2v) is 8.79. The number of carbonyl (C=O) groups excluding carboxylic acids is 2. The van der Waals surface area contributed by atoms with Gasteiger partial charge in [0.1, 0.15) is 0 Å². The zero-order valence-electron chi connectivity index (χ0n) is 22.1. The van der Waals surface area contributed by atoms with Crippen molar-refractivity contribution >= 4 is 34.5 Å². The van der Waals surface area contributed by atoms with Gasteiger partial charge < -0.3 is 9.64 Å². The Morgan fingerprint density at radius 1 is 0.947 bits per heavy atom. The number of esters is 1. The number of rotatable bonds is 7. The smallest absolute Gasteiger partial charge is 0.330 e. The molecule has 0 fully saturated rings. The fourth-order valence-corrected chi connectivity index (χ4v) is 4.23. The standard InChI is InChI=1S/C32H27N3O3/c1-34-30-17-16-27(20-28(30)21-33-34)25-14-11-24(12-15-25)22-35(32(37)26-8-4-3-5-9-26)29-10-6-7-23(19-29)13-18-31(36)38-2/h3-21H,22H2,1-2H3/b18-13+/i22D. The highest BCUT2D eigenvalue weighted by molar-refractivity contribution is 6.06. The molecule has 5 aromatic rings. The Kier molecular flexibility index (Phi) is 6.76. The summed E-state index contributed by atoms with van der Waals surface area (Å²) < 4.78 is 15.7. The van der Waals surface area contributed by atoms with Gasteiger partial charge in [0, 0.05) is 29.8 Å². The fraction of sp³-hybridized carbons (Fsp3) is 0.0938. The molecule has 0 bridgehead atoms. The molecule has 4 aromatic carbocycles. The van der Waals surface area contributed by atoms with Crippen LogP contribution >= 0.6 is 0 Å². The van der Waals surface area contributed by atoms with Crippen molar-refractivity contribution in [3.05, 3.63) is 126 Å². The van der Waals surface area contributed by atoms with Gasteiger partial charge in [-0.1, -0.05) is 60.7 Å². The Bertz CT molecular complexity index is 1660. The Morgan fingerprint density at radius 2 is 1.71 bits per heavy atom. The summed E-state index contributed by atoms with van der Waals surface area (Å²) in [7, 11) is 3.23. The molecule has 0 aliphatic heterocycles. The Balaban J connectivity index is 1.49. The molecule has 0 saturated carbocycles. The molecular weight excluding hydrogens is 474 g/mol. The second kappa shape index (κ2) is 11.0. The third kappa shape index (κ3) is 5.39. The minimum Gasteiger partial charge on any atom is -0.466 e. The quantitative estimate of drug-likeness (QED) is 0.194. The summed E-state index contributed by atoms with van der Waals surface area (Å²) in [6, 6.07) is 30.0. The van der Waals surface area contributed by atoms with Crippen LogP contribution < -0.4 is 4.90 Å². The lowest BCUT2D eigenvalue weighted by atomic mass is 10.0. The molecule has 38 heavy (non-hydrogen) atoms. The molecule has 5 rings (SSSR count). The first-order chi connectivity index (χ1) is 18.9. The maximum atomic E-state index is 13.7. The fourth-order valence-electron chi connectivity index (χ4n) is 4.23. The molecule has 188 valence electrons. The highest BCUT2D eigenvalue weighted by Crippen LogP contribution is 2.26. The summed E-state index contributed by atoms with van der Waals surface area (Å²) in [6.07, 6.45) is 4.78. The maximum Gasteiger partial charge on any atom is 0.330 e. The van der Waals surface area contributed by atoms with Gasteiger partial charge in [-0.3, -0.25) is 9.48 Å². The number of ether oxygens (including phenoxy) is 1. The predicted molar refractivity (Wildman–Crippen MR) is 151 cm³/mol. The molecule has 6 heteroatoms. The van der Waals surface area contributed by atoms with E-state index in [1.807, 2.05) is 60.4 Å². The summed E-state index contributed by atoms with van der Waals surface area (Å²) in [5, 5.41) is 5.37. The summed E-state index contributed by atoms with van der Waals surface area (Å²) in [4.78, 5) is 26.7. The molecule has 0 aliphatic carbocycles. The zero-order chi connectivity index (χ0) is 27.4. The summed E-state index contributed by atoms with van der Waals surface area (Å²) in [5.41, 5.74) is 5.51. The van der Waals surface area contributed by atoms with Crippen molar-refractivity contribution in [2.45, 2.75) is 6.52 Å². The van der Waals surface area contributed by atoms with Gasteiger partial charge in [0.15, 0.2) is 0 Å². The molecule has 1 amide bonds. The van der Waals surface area contributed by atoms with Gasteiger partial charge in [0.2, 0.25) is 0 Å². The number of benzene rings is 4. The Hall–Kier alpha value is -4.97. The third-order valence-electron chi connectivity index (χ3n) is 6.27. The molecule has 6 nitrogen and oxygen atoms in total. The first kappa shape index (κ1) is 23.4. The van der Waals surface area contributed by atoms with Crippen molar-refractivity contribution in [2.75, 3.05) is 12.0 Å². The van der Waals surface area contributed by atoms with Crippen LogP contribution in [0.15, 0.2) is 109 Å². The van der Waals surface area contributed by atoms with Crippen LogP contribution in [0.4, 0.5) is 5.69 Å². The van der Waals surface area contributed by atoms with Crippen LogP contribution in [0, 0.1) is 0 Å². The average molecular weight is 503 g/mol. The SMILES string of the molecule is [2H]C(c1ccc(-c2ccc3c(cnn3C)c2)cc1)N(C(=O)c1ccccc1)c1cccc(/C=C/C(=O)OC)c1. The van der Waals surface area contributed by atoms with Crippen LogP contribution in [0.2, 0.25) is 0 Å². The predicted octanol–water partition coefficient (Wildman–Crippen LogP) is 6.27. The van der Waals surface area contributed by atoms with E-state index in [9.17, 15) is 9.59 Å². The van der Waals surface area contributed by atoms with E-state index in [4.69, 9.17) is 1.37 Å². The van der Waals surface area contributed by atoms with E-state index >= 15 is 0 Å². The van der Waals surface area contributed by atoms with Gasteiger partial charge in [-0.2, -0.15) is 5.10 Å². The minimum atomic E-state index is -1.01. The lowest BCUT2D eigenvalue weighted by Crippen LogP contribution is -2.30. The van der Waals surface area contributed by atoms with Crippen LogP contribution in [0.1, 0.15) is 22.9 Å². The molecule has 0 radical (unpaired) electrons. The average Bonchev–Trinajstić information content (AvgIpc) is 3.36. The van der Waals surface area contributed by atoms with Gasteiger partial charge in [0.25, 0.3) is 5.91 Å². The van der Waals surface area contributed by atoms with E-state index < -0.39 is 12.5 Å². The summed E-state index contributed by atoms with van der Waals surface area (Å²) in [6.45, 7) is -1.01. The Morgan fingerprint density at radius 3 is 2.47 bits per heavy atom. The number of aryl methyl sites for hydroxylation is 1. The number of fused-ring (bicyclic) bond motifs is 1. The number of nitrogens with zero attached hydrogens (tertiary/aromatic N) is 3. The Labute approximate surface area is 222 Å². The number of methoxy groups -OCH3 is 1. The molecule has 0 spiro atoms. The first-order valence-electron chi connectivity index (χ1n) is 12.7. The topological polar surface area (TPSA) is 64.4 Å². The van der Waals surface area contributed by atoms with Crippen LogP contribution in [0.3, 0.4) is 0 Å². The molecule has 1 unspecified atom stereocenters. The zero-order valence-corrected chi connectivity index (χ0v) is 21.1. The normalized spacial score (nSPS) is 12.3. The van der Waals surface area contributed by atoms with Gasteiger partial charge in [-0.15, -0.1) is 0 Å². The number of hydrogen-bond donors (Lipinski definition) is 0. The molecule has 0 N–H and O–H groups in total. The highest BCUT2D eigenvalue weighted by atomic mass is 16.5. The largest absolute Gasteiger partial charge is 0.466 e. The van der Waals surface area contributed by atoms with E-state index in [2.05, 4.69) is 22.0 Å². The molecule has 0 aliphatic rings. The van der Waals surface area contributed by atoms with E-state index in [0.717, 1.165) is 22.0 Å². The van der Waals surface area contributed by atoms with Crippen LogP contribution in [-0.4, -0.2) is 28.8 Å². The molecule has 1 heterocycles. The number of aromatic nitrogens is 2. The van der Waals surface area contributed by atoms with Gasteiger partial charge in [-0.25, -0.2) is 4.79 Å². The lowest BCUT2D eigenvalue weighted by molar-refractivity contribution is -0.134. The van der Waals surface area contributed by atoms with Crippen molar-refractivity contribution < 1.29 is 15.7 Å². The van der Waals surface area contributed by atoms with E-state index in [-0.39, 0.29) is 5.91 Å². The number of anilines is 1. The van der Waals surface area contributed by atoms with E-state index in [0.29, 0.717) is 22.4 Å². The highest BCUT2D eigenvalue weighted by Gasteiger charge is 2.18. The molecule has 0 saturated heterocycles. The van der Waals surface area contributed by atoms with E-state index in [1.165, 1.54) is 18.1 Å². The summed E-state index contributed by atoms with van der Waals surface area (Å²) in [5.74, 6) is -0.769. The number of amides is 1.